The SMILES string of the molecule is CCCCN(CC)c1cc(NN)nc(C(C)C)n1. The summed E-state index contributed by atoms with van der Waals surface area (Å²) in [5.41, 5.74) is 2.62. The van der Waals surface area contributed by atoms with Crippen molar-refractivity contribution in [1.82, 2.24) is 9.97 Å². The number of nitrogens with zero attached hydrogens (tertiary/aromatic N) is 3. The summed E-state index contributed by atoms with van der Waals surface area (Å²) in [5, 5.41) is 0. The average Bonchev–Trinajstić information content (AvgIpc) is 2.39. The summed E-state index contributed by atoms with van der Waals surface area (Å²) in [6, 6.07) is 1.91. The molecule has 0 saturated carbocycles. The predicted molar refractivity (Wildman–Crippen MR) is 76.7 cm³/mol. The lowest BCUT2D eigenvalue weighted by molar-refractivity contribution is 0.709. The van der Waals surface area contributed by atoms with Crippen molar-refractivity contribution in [1.29, 1.82) is 0 Å². The lowest BCUT2D eigenvalue weighted by atomic mass is 10.2. The second-order valence-corrected chi connectivity index (χ2v) is 4.70. The highest BCUT2D eigenvalue weighted by atomic mass is 15.3. The van der Waals surface area contributed by atoms with Crippen molar-refractivity contribution in [2.24, 2.45) is 5.84 Å². The van der Waals surface area contributed by atoms with Crippen molar-refractivity contribution in [3.63, 3.8) is 0 Å². The van der Waals surface area contributed by atoms with Crippen molar-refractivity contribution >= 4 is 11.6 Å². The summed E-state index contributed by atoms with van der Waals surface area (Å²) >= 11 is 0. The maximum absolute atomic E-state index is 5.47. The number of rotatable bonds is 7. The standard InChI is InChI=1S/C13H25N5/c1-5-7-8-18(6-2)12-9-11(17-14)15-13(16-12)10(3)4/h9-10H,5-8,14H2,1-4H3,(H,15,16,17). The first-order chi connectivity index (χ1) is 8.62. The first kappa shape index (κ1) is 14.7. The fraction of sp³-hybridized carbons (Fsp3) is 0.692. The minimum absolute atomic E-state index is 0.293. The van der Waals surface area contributed by atoms with Gasteiger partial charge in [-0.3, -0.25) is 0 Å². The van der Waals surface area contributed by atoms with Crippen LogP contribution in [0.25, 0.3) is 0 Å². The first-order valence-corrected chi connectivity index (χ1v) is 6.72. The molecule has 18 heavy (non-hydrogen) atoms. The zero-order valence-electron chi connectivity index (χ0n) is 11.9. The van der Waals surface area contributed by atoms with Gasteiger partial charge in [0.05, 0.1) is 0 Å². The molecular weight excluding hydrogens is 226 g/mol. The van der Waals surface area contributed by atoms with Gasteiger partial charge in [-0.05, 0) is 13.3 Å². The molecule has 0 unspecified atom stereocenters. The maximum atomic E-state index is 5.47. The van der Waals surface area contributed by atoms with Gasteiger partial charge >= 0.3 is 0 Å². The topological polar surface area (TPSA) is 67.1 Å². The van der Waals surface area contributed by atoms with E-state index in [0.29, 0.717) is 11.7 Å². The molecule has 5 nitrogen and oxygen atoms in total. The van der Waals surface area contributed by atoms with Crippen LogP contribution in [0.2, 0.25) is 0 Å². The monoisotopic (exact) mass is 251 g/mol. The minimum atomic E-state index is 0.293. The Balaban J connectivity index is 3.00. The highest BCUT2D eigenvalue weighted by Crippen LogP contribution is 2.19. The second-order valence-electron chi connectivity index (χ2n) is 4.70. The molecule has 0 aliphatic heterocycles. The van der Waals surface area contributed by atoms with Gasteiger partial charge in [0.2, 0.25) is 0 Å². The highest BCUT2D eigenvalue weighted by Gasteiger charge is 2.11. The largest absolute Gasteiger partial charge is 0.357 e. The normalized spacial score (nSPS) is 10.8. The minimum Gasteiger partial charge on any atom is -0.357 e. The van der Waals surface area contributed by atoms with Crippen LogP contribution in [0.15, 0.2) is 6.07 Å². The molecule has 0 aliphatic carbocycles. The summed E-state index contributed by atoms with van der Waals surface area (Å²) in [7, 11) is 0. The van der Waals surface area contributed by atoms with E-state index in [2.05, 4.69) is 48.0 Å². The van der Waals surface area contributed by atoms with Gasteiger partial charge in [-0.2, -0.15) is 0 Å². The summed E-state index contributed by atoms with van der Waals surface area (Å²) in [5.74, 6) is 8.23. The summed E-state index contributed by atoms with van der Waals surface area (Å²) in [6.07, 6.45) is 2.35. The average molecular weight is 251 g/mol. The Morgan fingerprint density at radius 2 is 2.06 bits per heavy atom. The zero-order chi connectivity index (χ0) is 13.5. The lowest BCUT2D eigenvalue weighted by Gasteiger charge is -2.23. The molecule has 3 N–H and O–H groups in total. The first-order valence-electron chi connectivity index (χ1n) is 6.72. The summed E-state index contributed by atoms with van der Waals surface area (Å²) in [4.78, 5) is 11.3. The Morgan fingerprint density at radius 3 is 2.56 bits per heavy atom. The van der Waals surface area contributed by atoms with Crippen molar-refractivity contribution in [3.8, 4) is 0 Å². The molecular formula is C13H25N5. The van der Waals surface area contributed by atoms with E-state index in [1.54, 1.807) is 0 Å². The van der Waals surface area contributed by atoms with Crippen molar-refractivity contribution < 1.29 is 0 Å². The fourth-order valence-corrected chi connectivity index (χ4v) is 1.73. The fourth-order valence-electron chi connectivity index (χ4n) is 1.73. The number of hydrogen-bond acceptors (Lipinski definition) is 5. The van der Waals surface area contributed by atoms with Crippen LogP contribution in [0.4, 0.5) is 11.6 Å². The van der Waals surface area contributed by atoms with E-state index in [-0.39, 0.29) is 0 Å². The third-order valence-corrected chi connectivity index (χ3v) is 2.88. The Bertz CT molecular complexity index is 364. The molecule has 0 aromatic carbocycles. The number of nitrogen functional groups attached to an aromatic ring is 1. The Labute approximate surface area is 110 Å². The quantitative estimate of drug-likeness (QED) is 0.576. The summed E-state index contributed by atoms with van der Waals surface area (Å²) < 4.78 is 0. The third-order valence-electron chi connectivity index (χ3n) is 2.88. The molecule has 0 atom stereocenters. The molecule has 0 radical (unpaired) electrons. The lowest BCUT2D eigenvalue weighted by Crippen LogP contribution is -2.26. The molecule has 1 rings (SSSR count). The van der Waals surface area contributed by atoms with Crippen molar-refractivity contribution in [3.05, 3.63) is 11.9 Å². The molecule has 1 aromatic heterocycles. The van der Waals surface area contributed by atoms with E-state index < -0.39 is 0 Å². The highest BCUT2D eigenvalue weighted by molar-refractivity contribution is 5.49. The number of hydrazine groups is 1. The van der Waals surface area contributed by atoms with E-state index in [1.165, 1.54) is 12.8 Å². The number of hydrogen-bond donors (Lipinski definition) is 2. The van der Waals surface area contributed by atoms with E-state index in [9.17, 15) is 0 Å². The molecule has 102 valence electrons. The van der Waals surface area contributed by atoms with Crippen LogP contribution in [-0.4, -0.2) is 23.1 Å². The van der Waals surface area contributed by atoms with Crippen LogP contribution in [0.1, 0.15) is 52.3 Å². The molecule has 5 heteroatoms. The van der Waals surface area contributed by atoms with Gasteiger partial charge in [0.1, 0.15) is 17.5 Å². The van der Waals surface area contributed by atoms with Crippen molar-refractivity contribution in [2.45, 2.75) is 46.5 Å². The van der Waals surface area contributed by atoms with E-state index in [4.69, 9.17) is 5.84 Å². The maximum Gasteiger partial charge on any atom is 0.145 e. The molecule has 1 aromatic rings. The van der Waals surface area contributed by atoms with Gasteiger partial charge in [-0.25, -0.2) is 15.8 Å². The third kappa shape index (κ3) is 3.84. The van der Waals surface area contributed by atoms with Gasteiger partial charge in [-0.1, -0.05) is 27.2 Å². The van der Waals surface area contributed by atoms with Crippen LogP contribution in [0, 0.1) is 0 Å². The number of unbranched alkanes of at least 4 members (excludes halogenated alkanes) is 1. The predicted octanol–water partition coefficient (Wildman–Crippen LogP) is 2.51. The van der Waals surface area contributed by atoms with E-state index in [0.717, 1.165) is 24.7 Å². The molecule has 0 amide bonds. The van der Waals surface area contributed by atoms with Crippen LogP contribution < -0.4 is 16.2 Å². The van der Waals surface area contributed by atoms with Crippen LogP contribution in [0.3, 0.4) is 0 Å². The Morgan fingerprint density at radius 1 is 1.33 bits per heavy atom. The Hall–Kier alpha value is -1.36. The van der Waals surface area contributed by atoms with Gasteiger partial charge in [0.15, 0.2) is 0 Å². The smallest absolute Gasteiger partial charge is 0.145 e. The number of aromatic nitrogens is 2. The van der Waals surface area contributed by atoms with Gasteiger partial charge in [-0.15, -0.1) is 0 Å². The molecule has 1 heterocycles. The molecule has 0 bridgehead atoms. The van der Waals surface area contributed by atoms with Gasteiger partial charge in [0, 0.05) is 25.1 Å². The number of nitrogens with one attached hydrogen (secondary N) is 1. The van der Waals surface area contributed by atoms with Crippen LogP contribution >= 0.6 is 0 Å². The zero-order valence-corrected chi connectivity index (χ0v) is 11.9. The van der Waals surface area contributed by atoms with Gasteiger partial charge < -0.3 is 10.3 Å². The number of nitrogens with two attached hydrogens (primary N) is 1. The second kappa shape index (κ2) is 7.16. The molecule has 0 saturated heterocycles. The molecule has 0 fully saturated rings. The van der Waals surface area contributed by atoms with Crippen molar-refractivity contribution in [2.75, 3.05) is 23.4 Å². The van der Waals surface area contributed by atoms with Crippen LogP contribution in [0.5, 0.6) is 0 Å². The summed E-state index contributed by atoms with van der Waals surface area (Å²) in [6.45, 7) is 10.5. The van der Waals surface area contributed by atoms with E-state index in [1.807, 2.05) is 6.07 Å². The molecule has 0 spiro atoms. The van der Waals surface area contributed by atoms with Crippen LogP contribution in [-0.2, 0) is 0 Å². The van der Waals surface area contributed by atoms with E-state index >= 15 is 0 Å². The van der Waals surface area contributed by atoms with Gasteiger partial charge in [0.25, 0.3) is 0 Å². The molecule has 0 aliphatic rings. The number of anilines is 2. The Kier molecular flexibility index (Phi) is 5.85.